The lowest BCUT2D eigenvalue weighted by molar-refractivity contribution is -0.136. The van der Waals surface area contributed by atoms with Crippen LogP contribution in [0.2, 0.25) is 0 Å². The third-order valence-corrected chi connectivity index (χ3v) is 20.7. The molecule has 0 aliphatic carbocycles. The quantitative estimate of drug-likeness (QED) is 0.0116. The molecule has 0 aliphatic heterocycles. The predicted octanol–water partition coefficient (Wildman–Crippen LogP) is -11.3. The number of oxime groups is 3. The van der Waals surface area contributed by atoms with E-state index in [1.165, 1.54) is 67.2 Å². The van der Waals surface area contributed by atoms with E-state index in [2.05, 4.69) is 158 Å². The van der Waals surface area contributed by atoms with Crippen LogP contribution >= 0.6 is 71.4 Å². The molecule has 758 valence electrons. The van der Waals surface area contributed by atoms with Crippen LogP contribution in [0, 0.1) is 0 Å². The zero-order valence-electron chi connectivity index (χ0n) is 75.7. The van der Waals surface area contributed by atoms with E-state index in [1.807, 2.05) is 6.26 Å². The molecule has 22 amide bonds. The second kappa shape index (κ2) is 76.8. The summed E-state index contributed by atoms with van der Waals surface area (Å²) < 4.78 is 0. The Labute approximate surface area is 800 Å². The topological polar surface area (TPSA) is 818 Å². The molecule has 0 saturated carbocycles. The van der Waals surface area contributed by atoms with Gasteiger partial charge >= 0.3 is 0 Å². The third kappa shape index (κ3) is 62.8. The van der Waals surface area contributed by atoms with Crippen LogP contribution in [0.4, 0.5) is 0 Å². The second-order valence-electron chi connectivity index (χ2n) is 27.9. The smallest absolute Gasteiger partial charge is 0.261 e. The van der Waals surface area contributed by atoms with Gasteiger partial charge in [-0.3, -0.25) is 110 Å². The number of carbonyl (C=O) groups is 23. The van der Waals surface area contributed by atoms with Crippen LogP contribution in [-0.4, -0.2) is 370 Å². The molecular formula is C75H129N25O28S6. The number of thiol groups is 1. The lowest BCUT2D eigenvalue weighted by Gasteiger charge is -2.26. The van der Waals surface area contributed by atoms with E-state index in [0.29, 0.717) is 23.0 Å². The maximum absolute atomic E-state index is 13.2. The van der Waals surface area contributed by atoms with Gasteiger partial charge in [0.15, 0.2) is 19.8 Å². The van der Waals surface area contributed by atoms with E-state index in [9.17, 15) is 120 Å². The molecule has 0 rings (SSSR count). The first-order valence-electron chi connectivity index (χ1n) is 40.9. The van der Waals surface area contributed by atoms with Crippen LogP contribution in [0.1, 0.15) is 104 Å². The van der Waals surface area contributed by atoms with Crippen molar-refractivity contribution in [3.05, 3.63) is 0 Å². The van der Waals surface area contributed by atoms with Crippen molar-refractivity contribution in [2.45, 2.75) is 177 Å². The summed E-state index contributed by atoms with van der Waals surface area (Å²) in [7, 11) is 0. The van der Waals surface area contributed by atoms with Crippen molar-refractivity contribution >= 4 is 227 Å². The number of aliphatic hydroxyl groups excluding tert-OH is 2. The molecule has 0 fully saturated rings. The van der Waals surface area contributed by atoms with Crippen molar-refractivity contribution in [1.82, 2.24) is 95.7 Å². The number of nitrogens with zero attached hydrogens (tertiary/aromatic N) is 3. The molecular weight excluding hydrogens is 1890 g/mol. The van der Waals surface area contributed by atoms with Gasteiger partial charge in [-0.15, -0.1) is 15.5 Å². The first-order valence-corrected chi connectivity index (χ1v) is 48.4. The molecule has 59 heteroatoms. The maximum atomic E-state index is 13.2. The van der Waals surface area contributed by atoms with Crippen LogP contribution < -0.4 is 119 Å². The number of nitrogens with one attached hydrogen (secondary N) is 18. The van der Waals surface area contributed by atoms with Gasteiger partial charge in [-0.25, -0.2) is 0 Å². The minimum Gasteiger partial charge on any atom is -0.394 e. The van der Waals surface area contributed by atoms with Crippen molar-refractivity contribution in [3.63, 3.8) is 0 Å². The fourth-order valence-corrected chi connectivity index (χ4v) is 12.4. The van der Waals surface area contributed by atoms with E-state index >= 15 is 0 Å². The molecule has 134 heavy (non-hydrogen) atoms. The molecule has 0 aromatic rings. The number of hydrogen-bond donors (Lipinski definition) is 25. The fourth-order valence-electron chi connectivity index (χ4n) is 10.2. The van der Waals surface area contributed by atoms with Crippen LogP contribution in [-0.2, 0) is 125 Å². The van der Waals surface area contributed by atoms with Crippen LogP contribution in [0.25, 0.3) is 0 Å². The number of thioether (sulfide) groups is 5. The molecule has 0 saturated heterocycles. The third-order valence-electron chi connectivity index (χ3n) is 17.3. The van der Waals surface area contributed by atoms with Crippen molar-refractivity contribution in [2.75, 3.05) is 132 Å². The second-order valence-corrected chi connectivity index (χ2v) is 33.0. The Morgan fingerprint density at radius 2 is 0.612 bits per heavy atom. The lowest BCUT2D eigenvalue weighted by atomic mass is 10.1. The zero-order chi connectivity index (χ0) is 102. The van der Waals surface area contributed by atoms with E-state index in [4.69, 9.17) is 22.9 Å². The van der Waals surface area contributed by atoms with Gasteiger partial charge in [0, 0.05) is 78.4 Å². The van der Waals surface area contributed by atoms with Crippen molar-refractivity contribution in [3.8, 4) is 0 Å². The fraction of sp³-hybridized carbons (Fsp3) is 0.653. The normalized spacial score (nSPS) is 13.1. The Balaban J connectivity index is -0.00000192. The molecule has 1 unspecified atom stereocenters. The standard InChI is InChI=1S/C26H45N7O10S3.C25H43N9O9S.C24H41N9O9S2/c1-14(29-23(39)16(7-9-44-4)30-19(36)13-43-27-3)22(38)32-18(12-34)25(41)31-17(8-10-45-5)24(40)33-21(15(2)35)26(42)28-11-20(37)46-6;1-4-20(37)32-15(5-7-18(26)35)24(41)33-16(6-8-19(27)36)25(42)34-17(9-12-44-3)23(40)31-13-21(38)29-10-11-30-22(39)14-43-28-2;1-27-42-12-20(37)29-9-8-28-19(36)11-30-22(39)16(7-10-44-2)33-24(41)15(4-6-18(26)35)32-23(40)14(3-5-17(25)34)31-21(38)13-43/h14-18,21,34-35H,3,7-13H2,1-2,4-6H3,(H,28,42)(H,29,39)(H,30,36)(H,31,41)(H,32,38)(H,33,40);15-17H,2,4-14H2,1,3H3,(H2,26,35)(H2,27,36)(H,29,38)(H,30,39)(H,31,40)(H,32,37)(H,33,41)(H,34,42);14-16,43H,1,3-13H2,2H3,(H2,25,34)(H2,26,35)(H,28,36)(H,29,37)(H,30,39)(H,31,38)(H,32,40)(H,33,41)/t14-,15?,16-,17-,18-,21-;15-,16-,17-;14-,15-,16-/m000/s1. The molecule has 12 atom stereocenters. The number of hydrogen-bond acceptors (Lipinski definition) is 37. The number of nitrogens with two attached hydrogens (primary N) is 4. The first kappa shape index (κ1) is 127. The molecule has 0 bridgehead atoms. The number of rotatable bonds is 71. The van der Waals surface area contributed by atoms with Gasteiger partial charge in [0.05, 0.1) is 38.1 Å². The molecule has 53 nitrogen and oxygen atoms in total. The van der Waals surface area contributed by atoms with Gasteiger partial charge < -0.3 is 143 Å². The number of aliphatic hydroxyl groups is 2. The van der Waals surface area contributed by atoms with Crippen molar-refractivity contribution < 1.29 is 135 Å². The summed E-state index contributed by atoms with van der Waals surface area (Å²) in [6.45, 7) is 10.5. The molecule has 0 spiro atoms. The molecule has 28 N–H and O–H groups in total. The highest BCUT2D eigenvalue weighted by Gasteiger charge is 2.36. The molecule has 0 aromatic heterocycles. The highest BCUT2D eigenvalue weighted by atomic mass is 32.2. The Hall–Kier alpha value is -11.6. The van der Waals surface area contributed by atoms with Gasteiger partial charge in [0.1, 0.15) is 66.5 Å². The Kier molecular flexibility index (Phi) is 72.6. The van der Waals surface area contributed by atoms with Crippen molar-refractivity contribution in [2.24, 2.45) is 38.4 Å². The minimum absolute atomic E-state index is 0.0518. The Morgan fingerprint density at radius 3 is 0.925 bits per heavy atom. The summed E-state index contributed by atoms with van der Waals surface area (Å²) in [5.41, 5.74) is 20.8. The molecule has 0 aliphatic rings. The molecule has 0 aromatic carbocycles. The van der Waals surface area contributed by atoms with Crippen LogP contribution in [0.5, 0.6) is 0 Å². The highest BCUT2D eigenvalue weighted by molar-refractivity contribution is 8.13. The van der Waals surface area contributed by atoms with Crippen LogP contribution in [0.15, 0.2) is 15.5 Å². The summed E-state index contributed by atoms with van der Waals surface area (Å²) in [5.74, 6) is -13.9. The van der Waals surface area contributed by atoms with Gasteiger partial charge in [0.25, 0.3) is 17.7 Å². The van der Waals surface area contributed by atoms with E-state index in [1.54, 1.807) is 25.7 Å². The summed E-state index contributed by atoms with van der Waals surface area (Å²) in [6.07, 6.45) is 6.23. The summed E-state index contributed by atoms with van der Waals surface area (Å²) >= 11 is 10.3. The van der Waals surface area contributed by atoms with Gasteiger partial charge in [-0.2, -0.15) is 59.7 Å². The number of primary amides is 4. The average molecular weight is 2020 g/mol. The summed E-state index contributed by atoms with van der Waals surface area (Å²) in [5, 5.41) is 72.8. The van der Waals surface area contributed by atoms with E-state index < -0.39 is 229 Å². The van der Waals surface area contributed by atoms with Gasteiger partial charge in [0.2, 0.25) is 117 Å². The molecule has 0 radical (unpaired) electrons. The Morgan fingerprint density at radius 1 is 0.336 bits per heavy atom. The van der Waals surface area contributed by atoms with Gasteiger partial charge in [-0.1, -0.05) is 18.7 Å². The number of amides is 22. The molecule has 0 heterocycles. The monoisotopic (exact) mass is 2020 g/mol. The van der Waals surface area contributed by atoms with E-state index in [0.717, 1.165) is 11.8 Å². The van der Waals surface area contributed by atoms with Crippen molar-refractivity contribution in [1.29, 1.82) is 0 Å². The lowest BCUT2D eigenvalue weighted by Crippen LogP contribution is -2.60. The average Bonchev–Trinajstić information content (AvgIpc) is 0.867. The minimum atomic E-state index is -1.53. The maximum Gasteiger partial charge on any atom is 0.261 e. The SMILES string of the molecule is C=NOCC(=O)NCCNC(=O)CNC(=O)[C@H](CCSC)NC(=O)[C@H](CCC(N)=O)NC(=O)[C@H](CCC(N)=O)NC(=O)CC.C=NOCC(=O)NCCNC(=O)CNC(=O)[C@H](CCSC)NC(=O)[C@H](CCC(N)=O)NC(=O)[C@H](CCC(N)=O)NC(=O)CS.C=NOCC(=O)N[C@@H](CCSC)C(=O)N[C@@H](C)C(=O)N[C@@H](CO)C(=O)N[C@@H](CCSC)C(=O)N[C@H](C(=O)NCC(=O)SC)C(C)O. The Bertz CT molecular complexity index is 3710. The van der Waals surface area contributed by atoms with E-state index in [-0.39, 0.29) is 140 Å². The highest BCUT2D eigenvalue weighted by Crippen LogP contribution is 2.12. The summed E-state index contributed by atoms with van der Waals surface area (Å²) in [4.78, 5) is 296. The summed E-state index contributed by atoms with van der Waals surface area (Å²) in [6, 6.07) is -13.8. The number of carbonyl (C=O) groups excluding carboxylic acids is 23. The first-order chi connectivity index (χ1) is 63.4. The largest absolute Gasteiger partial charge is 0.394 e. The predicted molar refractivity (Wildman–Crippen MR) is 502 cm³/mol. The zero-order valence-corrected chi connectivity index (χ0v) is 80.7. The van der Waals surface area contributed by atoms with Crippen LogP contribution in [0.3, 0.4) is 0 Å². The van der Waals surface area contributed by atoms with Gasteiger partial charge in [-0.05, 0) is 120 Å².